The van der Waals surface area contributed by atoms with Crippen molar-refractivity contribution in [3.05, 3.63) is 140 Å². The molecule has 0 aliphatic heterocycles. The Labute approximate surface area is 261 Å². The molecule has 11 aromatic rings. The molecule has 46 heavy (non-hydrogen) atoms. The van der Waals surface area contributed by atoms with Gasteiger partial charge in [-0.25, -0.2) is 15.0 Å². The van der Waals surface area contributed by atoms with Crippen molar-refractivity contribution in [2.24, 2.45) is 0 Å². The van der Waals surface area contributed by atoms with Crippen molar-refractivity contribution < 1.29 is 0 Å². The fourth-order valence-electron chi connectivity index (χ4n) is 7.89. The lowest BCUT2D eigenvalue weighted by atomic mass is 9.98. The Balaban J connectivity index is 1.46. The third kappa shape index (κ3) is 2.92. The fourth-order valence-corrected chi connectivity index (χ4v) is 7.89. The molecule has 0 radical (unpaired) electrons. The molecule has 0 bridgehead atoms. The number of aromatic nitrogens is 5. The first-order valence-corrected chi connectivity index (χ1v) is 15.6. The molecule has 11 rings (SSSR count). The van der Waals surface area contributed by atoms with Gasteiger partial charge in [-0.05, 0) is 29.7 Å². The third-order valence-electron chi connectivity index (χ3n) is 9.67. The summed E-state index contributed by atoms with van der Waals surface area (Å²) < 4.78 is 4.84. The zero-order valence-electron chi connectivity index (χ0n) is 24.5. The van der Waals surface area contributed by atoms with Crippen molar-refractivity contribution in [3.63, 3.8) is 0 Å². The third-order valence-corrected chi connectivity index (χ3v) is 9.67. The molecule has 0 spiro atoms. The fraction of sp³-hybridized carbons (Fsp3) is 0. The molecular weight excluding hydrogens is 562 g/mol. The van der Waals surface area contributed by atoms with Crippen LogP contribution >= 0.6 is 0 Å². The van der Waals surface area contributed by atoms with Gasteiger partial charge in [0.2, 0.25) is 0 Å². The highest BCUT2D eigenvalue weighted by molar-refractivity contribution is 6.39. The van der Waals surface area contributed by atoms with Crippen LogP contribution in [0.3, 0.4) is 0 Å². The van der Waals surface area contributed by atoms with Crippen LogP contribution in [0.5, 0.6) is 0 Å². The highest BCUT2D eigenvalue weighted by Gasteiger charge is 2.27. The summed E-state index contributed by atoms with van der Waals surface area (Å²) in [4.78, 5) is 15.2. The van der Waals surface area contributed by atoms with E-state index in [0.29, 0.717) is 5.65 Å². The second kappa shape index (κ2) is 8.65. The lowest BCUT2D eigenvalue weighted by Gasteiger charge is -2.14. The number of benzene rings is 6. The average Bonchev–Trinajstić information content (AvgIpc) is 3.77. The van der Waals surface area contributed by atoms with Gasteiger partial charge < -0.3 is 4.40 Å². The van der Waals surface area contributed by atoms with Crippen LogP contribution in [-0.2, 0) is 0 Å². The van der Waals surface area contributed by atoms with Gasteiger partial charge in [-0.15, -0.1) is 0 Å². The van der Waals surface area contributed by atoms with E-state index >= 15 is 0 Å². The Morgan fingerprint density at radius 3 is 1.98 bits per heavy atom. The van der Waals surface area contributed by atoms with Crippen LogP contribution in [0.15, 0.2) is 140 Å². The molecule has 5 heteroatoms. The molecule has 0 fully saturated rings. The van der Waals surface area contributed by atoms with Crippen molar-refractivity contribution in [2.45, 2.75) is 0 Å². The topological polar surface area (TPSA) is 48.0 Å². The normalized spacial score (nSPS) is 12.3. The van der Waals surface area contributed by atoms with Crippen LogP contribution in [0.1, 0.15) is 0 Å². The highest BCUT2D eigenvalue weighted by Crippen LogP contribution is 2.48. The minimum absolute atomic E-state index is 0.624. The molecule has 0 N–H and O–H groups in total. The first-order valence-electron chi connectivity index (χ1n) is 15.6. The number of rotatable bonds is 2. The summed E-state index contributed by atoms with van der Waals surface area (Å²) in [6.45, 7) is 0. The molecule has 5 nitrogen and oxygen atoms in total. The minimum Gasteiger partial charge on any atom is -0.307 e. The van der Waals surface area contributed by atoms with Crippen LogP contribution in [0.4, 0.5) is 0 Å². The van der Waals surface area contributed by atoms with Gasteiger partial charge in [-0.1, -0.05) is 109 Å². The van der Waals surface area contributed by atoms with Gasteiger partial charge in [0, 0.05) is 49.5 Å². The monoisotopic (exact) mass is 585 g/mol. The van der Waals surface area contributed by atoms with Crippen molar-refractivity contribution in [1.82, 2.24) is 23.9 Å². The van der Waals surface area contributed by atoms with Gasteiger partial charge in [0.1, 0.15) is 11.2 Å². The molecule has 0 atom stereocenters. The van der Waals surface area contributed by atoms with Crippen LogP contribution in [0, 0.1) is 0 Å². The van der Waals surface area contributed by atoms with E-state index in [0.717, 1.165) is 33.6 Å². The van der Waals surface area contributed by atoms with E-state index in [2.05, 4.69) is 129 Å². The van der Waals surface area contributed by atoms with Gasteiger partial charge >= 0.3 is 0 Å². The van der Waals surface area contributed by atoms with E-state index in [9.17, 15) is 0 Å². The first-order chi connectivity index (χ1) is 22.9. The van der Waals surface area contributed by atoms with E-state index in [4.69, 9.17) is 9.97 Å². The lowest BCUT2D eigenvalue weighted by molar-refractivity contribution is 1.07. The van der Waals surface area contributed by atoms with Crippen molar-refractivity contribution in [2.75, 3.05) is 0 Å². The second-order valence-electron chi connectivity index (χ2n) is 12.0. The number of hydrogen-bond donors (Lipinski definition) is 0. The maximum Gasteiger partial charge on any atom is 0.180 e. The van der Waals surface area contributed by atoms with E-state index in [1.165, 1.54) is 59.6 Å². The second-order valence-corrected chi connectivity index (χ2v) is 12.0. The van der Waals surface area contributed by atoms with Gasteiger partial charge in [-0.3, -0.25) is 4.57 Å². The van der Waals surface area contributed by atoms with E-state index in [1.54, 1.807) is 6.20 Å². The first kappa shape index (κ1) is 24.0. The smallest absolute Gasteiger partial charge is 0.180 e. The van der Waals surface area contributed by atoms with Gasteiger partial charge in [0.05, 0.1) is 27.6 Å². The Kier molecular flexibility index (Phi) is 4.52. The Morgan fingerprint density at radius 2 is 1.11 bits per heavy atom. The Morgan fingerprint density at radius 1 is 0.435 bits per heavy atom. The molecule has 0 saturated heterocycles. The molecule has 6 aromatic carbocycles. The summed E-state index contributed by atoms with van der Waals surface area (Å²) >= 11 is 0. The van der Waals surface area contributed by atoms with Crippen molar-refractivity contribution >= 4 is 81.8 Å². The highest BCUT2D eigenvalue weighted by atomic mass is 15.1. The predicted octanol–water partition coefficient (Wildman–Crippen LogP) is 10.1. The number of nitrogens with zero attached hydrogens (tertiary/aromatic N) is 5. The Hall–Kier alpha value is -6.33. The number of para-hydroxylation sites is 3. The number of pyridine rings is 1. The predicted molar refractivity (Wildman–Crippen MR) is 189 cm³/mol. The van der Waals surface area contributed by atoms with Gasteiger partial charge in [0.15, 0.2) is 11.5 Å². The van der Waals surface area contributed by atoms with Crippen molar-refractivity contribution in [1.29, 1.82) is 0 Å². The lowest BCUT2D eigenvalue weighted by Crippen LogP contribution is -2.04. The number of hydrogen-bond acceptors (Lipinski definition) is 3. The van der Waals surface area contributed by atoms with E-state index < -0.39 is 0 Å². The molecule has 0 aliphatic rings. The molecular formula is C41H23N5. The Bertz CT molecular complexity index is 3020. The zero-order chi connectivity index (χ0) is 29.9. The van der Waals surface area contributed by atoms with Crippen LogP contribution in [0.2, 0.25) is 0 Å². The van der Waals surface area contributed by atoms with Crippen LogP contribution < -0.4 is 0 Å². The largest absolute Gasteiger partial charge is 0.307 e. The zero-order valence-corrected chi connectivity index (χ0v) is 24.5. The molecule has 5 aromatic heterocycles. The SMILES string of the molecule is c1ccc(-c2nc3cccnc3nc2-n2c3ccccc3c3c2c2ccccc2c2c4cccc5c6ccccc6n(c54)c23)cc1. The molecule has 0 aliphatic carbocycles. The van der Waals surface area contributed by atoms with Gasteiger partial charge in [0.25, 0.3) is 0 Å². The molecule has 0 amide bonds. The summed E-state index contributed by atoms with van der Waals surface area (Å²) in [5.41, 5.74) is 9.15. The molecule has 0 unspecified atom stereocenters. The van der Waals surface area contributed by atoms with Crippen LogP contribution in [-0.4, -0.2) is 23.9 Å². The minimum atomic E-state index is 0.624. The summed E-state index contributed by atoms with van der Waals surface area (Å²) in [6, 6.07) is 47.4. The van der Waals surface area contributed by atoms with E-state index in [1.807, 2.05) is 18.2 Å². The molecule has 212 valence electrons. The molecule has 0 saturated carbocycles. The summed E-state index contributed by atoms with van der Waals surface area (Å²) in [5, 5.41) is 9.91. The standard InChI is InChI=1S/C41H23N5/c1-2-12-24(13-3-1)36-41(44-40-31(43-36)20-11-23-42-40)46-33-22-9-7-17-29(33)35-38(46)28-16-5-4-15-26(28)34-30-19-10-18-27-25-14-6-8-21-32(25)45(37(27)30)39(34)35/h1-23H. The summed E-state index contributed by atoms with van der Waals surface area (Å²) in [5.74, 6) is 0.770. The van der Waals surface area contributed by atoms with E-state index in [-0.39, 0.29) is 0 Å². The maximum atomic E-state index is 5.30. The quantitative estimate of drug-likeness (QED) is 0.203. The summed E-state index contributed by atoms with van der Waals surface area (Å²) in [6.07, 6.45) is 1.79. The average molecular weight is 586 g/mol. The summed E-state index contributed by atoms with van der Waals surface area (Å²) in [7, 11) is 0. The van der Waals surface area contributed by atoms with Crippen LogP contribution in [0.25, 0.3) is 98.9 Å². The van der Waals surface area contributed by atoms with Gasteiger partial charge in [-0.2, -0.15) is 0 Å². The van der Waals surface area contributed by atoms with Crippen molar-refractivity contribution in [3.8, 4) is 17.1 Å². The molecule has 5 heterocycles. The maximum absolute atomic E-state index is 5.30. The number of fused-ring (bicyclic) bond motifs is 14.